The summed E-state index contributed by atoms with van der Waals surface area (Å²) in [5, 5.41) is 0. The largest absolute Gasteiger partial charge is 0.465 e. The third kappa shape index (κ3) is 4.65. The molecule has 0 spiro atoms. The molecule has 2 aromatic rings. The molecule has 154 valence electrons. The van der Waals surface area contributed by atoms with Crippen LogP contribution >= 0.6 is 0 Å². The summed E-state index contributed by atoms with van der Waals surface area (Å²) in [5.74, 6) is -0.838. The number of nitrogens with zero attached hydrogens (tertiary/aromatic N) is 1. The Morgan fingerprint density at radius 1 is 0.931 bits per heavy atom. The molecule has 0 amide bonds. The van der Waals surface area contributed by atoms with Crippen LogP contribution in [0.25, 0.3) is 0 Å². The summed E-state index contributed by atoms with van der Waals surface area (Å²) in [6, 6.07) is 11.6. The Bertz CT molecular complexity index is 983. The van der Waals surface area contributed by atoms with Crippen LogP contribution in [0, 0.1) is 0 Å². The van der Waals surface area contributed by atoms with Gasteiger partial charge in [-0.25, -0.2) is 18.0 Å². The average molecular weight is 417 g/mol. The van der Waals surface area contributed by atoms with Crippen molar-refractivity contribution in [3.63, 3.8) is 0 Å². The highest BCUT2D eigenvalue weighted by atomic mass is 32.2. The van der Waals surface area contributed by atoms with Crippen molar-refractivity contribution >= 4 is 22.0 Å². The Morgan fingerprint density at radius 3 is 2.10 bits per heavy atom. The van der Waals surface area contributed by atoms with E-state index in [1.165, 1.54) is 59.9 Å². The quantitative estimate of drug-likeness (QED) is 0.548. The van der Waals surface area contributed by atoms with Gasteiger partial charge in [-0.1, -0.05) is 6.42 Å². The molecule has 1 saturated heterocycles. The second-order valence-corrected chi connectivity index (χ2v) is 8.78. The Morgan fingerprint density at radius 2 is 1.52 bits per heavy atom. The van der Waals surface area contributed by atoms with Crippen molar-refractivity contribution in [2.45, 2.75) is 37.1 Å². The third-order valence-electron chi connectivity index (χ3n) is 4.92. The first-order valence-corrected chi connectivity index (χ1v) is 10.8. The summed E-state index contributed by atoms with van der Waals surface area (Å²) in [7, 11) is -2.31. The lowest BCUT2D eigenvalue weighted by molar-refractivity contribution is 0.0600. The molecule has 0 aliphatic carbocycles. The highest BCUT2D eigenvalue weighted by Crippen LogP contribution is 2.25. The zero-order valence-electron chi connectivity index (χ0n) is 16.3. The smallest absolute Gasteiger partial charge is 0.343 e. The molecule has 8 heteroatoms. The van der Waals surface area contributed by atoms with Gasteiger partial charge in [-0.2, -0.15) is 4.31 Å². The molecule has 1 heterocycles. The lowest BCUT2D eigenvalue weighted by Gasteiger charge is -2.32. The number of hydrogen-bond acceptors (Lipinski definition) is 6. The van der Waals surface area contributed by atoms with E-state index in [0.717, 1.165) is 19.3 Å². The van der Waals surface area contributed by atoms with Gasteiger partial charge in [-0.15, -0.1) is 0 Å². The molecular formula is C21H23NO6S. The summed E-state index contributed by atoms with van der Waals surface area (Å²) in [4.78, 5) is 23.9. The number of methoxy groups -OCH3 is 1. The zero-order chi connectivity index (χ0) is 21.0. The number of benzene rings is 2. The molecule has 29 heavy (non-hydrogen) atoms. The van der Waals surface area contributed by atoms with Crippen LogP contribution in [0.2, 0.25) is 0 Å². The first-order chi connectivity index (χ1) is 13.8. The molecule has 0 N–H and O–H groups in total. The van der Waals surface area contributed by atoms with Crippen LogP contribution in [-0.4, -0.2) is 44.4 Å². The van der Waals surface area contributed by atoms with Gasteiger partial charge in [0.25, 0.3) is 0 Å². The summed E-state index contributed by atoms with van der Waals surface area (Å²) in [6.07, 6.45) is 2.72. The number of rotatable bonds is 5. The fourth-order valence-electron chi connectivity index (χ4n) is 3.27. The Kier molecular flexibility index (Phi) is 6.34. The minimum atomic E-state index is -3.59. The third-order valence-corrected chi connectivity index (χ3v) is 6.95. The van der Waals surface area contributed by atoms with E-state index in [2.05, 4.69) is 4.74 Å². The molecule has 1 aliphatic rings. The molecule has 0 saturated carbocycles. The molecule has 1 aliphatic heterocycles. The van der Waals surface area contributed by atoms with Gasteiger partial charge in [0.2, 0.25) is 10.0 Å². The maximum atomic E-state index is 12.9. The van der Waals surface area contributed by atoms with Gasteiger partial charge in [0.15, 0.2) is 0 Å². The van der Waals surface area contributed by atoms with Crippen molar-refractivity contribution in [1.82, 2.24) is 4.31 Å². The zero-order valence-corrected chi connectivity index (χ0v) is 17.1. The number of esters is 2. The Balaban J connectivity index is 1.71. The molecule has 0 radical (unpaired) electrons. The van der Waals surface area contributed by atoms with Crippen LogP contribution in [0.5, 0.6) is 5.75 Å². The van der Waals surface area contributed by atoms with Crippen LogP contribution in [0.3, 0.4) is 0 Å². The molecule has 3 rings (SSSR count). The standard InChI is InChI=1S/C21H23NO6S/c1-15-5-3-4-14-22(15)29(25,26)19-12-8-17(9-13-19)21(24)28-18-10-6-16(7-11-18)20(23)27-2/h6-13,15H,3-5,14H2,1-2H3/t15-/m0/s1. The average Bonchev–Trinajstić information content (AvgIpc) is 2.74. The van der Waals surface area contributed by atoms with E-state index in [-0.39, 0.29) is 22.3 Å². The maximum absolute atomic E-state index is 12.9. The molecule has 7 nitrogen and oxygen atoms in total. The number of hydrogen-bond donors (Lipinski definition) is 0. The van der Waals surface area contributed by atoms with Crippen LogP contribution in [-0.2, 0) is 14.8 Å². The van der Waals surface area contributed by atoms with Crippen LogP contribution < -0.4 is 4.74 Å². The fraction of sp³-hybridized carbons (Fsp3) is 0.333. The molecular weight excluding hydrogens is 394 g/mol. The number of carbonyl (C=O) groups excluding carboxylic acids is 2. The van der Waals surface area contributed by atoms with Crippen molar-refractivity contribution in [2.75, 3.05) is 13.7 Å². The Hall–Kier alpha value is -2.71. The van der Waals surface area contributed by atoms with Crippen molar-refractivity contribution < 1.29 is 27.5 Å². The van der Waals surface area contributed by atoms with Gasteiger partial charge < -0.3 is 9.47 Å². The number of sulfonamides is 1. The fourth-order valence-corrected chi connectivity index (χ4v) is 4.97. The van der Waals surface area contributed by atoms with Gasteiger partial charge in [-0.05, 0) is 68.3 Å². The van der Waals surface area contributed by atoms with E-state index in [1.807, 2.05) is 6.92 Å². The van der Waals surface area contributed by atoms with Gasteiger partial charge in [0.05, 0.1) is 23.1 Å². The maximum Gasteiger partial charge on any atom is 0.343 e. The van der Waals surface area contributed by atoms with E-state index in [1.54, 1.807) is 0 Å². The van der Waals surface area contributed by atoms with Crippen molar-refractivity contribution in [3.05, 3.63) is 59.7 Å². The Labute approximate surface area is 170 Å². The molecule has 0 aromatic heterocycles. The normalized spacial score (nSPS) is 17.5. The van der Waals surface area contributed by atoms with E-state index < -0.39 is 22.0 Å². The van der Waals surface area contributed by atoms with Gasteiger partial charge in [0, 0.05) is 12.6 Å². The topological polar surface area (TPSA) is 90.0 Å². The van der Waals surface area contributed by atoms with Gasteiger partial charge in [0.1, 0.15) is 5.75 Å². The molecule has 1 fully saturated rings. The summed E-state index contributed by atoms with van der Waals surface area (Å²) >= 11 is 0. The predicted molar refractivity (Wildman–Crippen MR) is 106 cm³/mol. The second-order valence-electron chi connectivity index (χ2n) is 6.89. The van der Waals surface area contributed by atoms with E-state index in [9.17, 15) is 18.0 Å². The van der Waals surface area contributed by atoms with Crippen molar-refractivity contribution in [3.8, 4) is 5.75 Å². The lowest BCUT2D eigenvalue weighted by Crippen LogP contribution is -2.41. The summed E-state index contributed by atoms with van der Waals surface area (Å²) in [6.45, 7) is 2.42. The van der Waals surface area contributed by atoms with E-state index in [4.69, 9.17) is 4.74 Å². The monoisotopic (exact) mass is 417 g/mol. The molecule has 0 unspecified atom stereocenters. The lowest BCUT2D eigenvalue weighted by atomic mass is 10.1. The molecule has 0 bridgehead atoms. The number of ether oxygens (including phenoxy) is 2. The van der Waals surface area contributed by atoms with Crippen LogP contribution in [0.4, 0.5) is 0 Å². The minimum absolute atomic E-state index is 0.0358. The summed E-state index contributed by atoms with van der Waals surface area (Å²) < 4.78 is 37.1. The minimum Gasteiger partial charge on any atom is -0.465 e. The van der Waals surface area contributed by atoms with Gasteiger partial charge >= 0.3 is 11.9 Å². The van der Waals surface area contributed by atoms with Gasteiger partial charge in [-0.3, -0.25) is 0 Å². The van der Waals surface area contributed by atoms with Crippen molar-refractivity contribution in [2.24, 2.45) is 0 Å². The highest BCUT2D eigenvalue weighted by Gasteiger charge is 2.31. The van der Waals surface area contributed by atoms with E-state index in [0.29, 0.717) is 12.1 Å². The second kappa shape index (κ2) is 8.75. The predicted octanol–water partition coefficient (Wildman–Crippen LogP) is 3.26. The number of piperidine rings is 1. The van der Waals surface area contributed by atoms with Crippen LogP contribution in [0.15, 0.2) is 53.4 Å². The first kappa shape index (κ1) is 21.0. The van der Waals surface area contributed by atoms with E-state index >= 15 is 0 Å². The first-order valence-electron chi connectivity index (χ1n) is 9.35. The SMILES string of the molecule is COC(=O)c1ccc(OC(=O)c2ccc(S(=O)(=O)N3CCCC[C@@H]3C)cc2)cc1. The van der Waals surface area contributed by atoms with Crippen molar-refractivity contribution in [1.29, 1.82) is 0 Å². The highest BCUT2D eigenvalue weighted by molar-refractivity contribution is 7.89. The summed E-state index contributed by atoms with van der Waals surface area (Å²) in [5.41, 5.74) is 0.571. The molecule has 1 atom stereocenters. The number of carbonyl (C=O) groups is 2. The van der Waals surface area contributed by atoms with Crippen LogP contribution in [0.1, 0.15) is 46.9 Å². The molecule has 2 aromatic carbocycles.